The molecule has 0 bridgehead atoms. The molecule has 2 unspecified atom stereocenters. The highest BCUT2D eigenvalue weighted by molar-refractivity contribution is 8.00. The largest absolute Gasteiger partial charge is 0.384 e. The van der Waals surface area contributed by atoms with E-state index in [0.29, 0.717) is 5.25 Å². The Kier molecular flexibility index (Phi) is 3.22. The molecule has 0 aromatic heterocycles. The van der Waals surface area contributed by atoms with Gasteiger partial charge >= 0.3 is 0 Å². The van der Waals surface area contributed by atoms with Crippen molar-refractivity contribution in [2.24, 2.45) is 11.1 Å². The van der Waals surface area contributed by atoms with Crippen LogP contribution in [0.3, 0.4) is 0 Å². The number of hydrogen-bond donors (Lipinski definition) is 1. The van der Waals surface area contributed by atoms with Crippen LogP contribution in [0.1, 0.15) is 13.3 Å². The fourth-order valence-corrected chi connectivity index (χ4v) is 3.14. The molecule has 0 saturated carbocycles. The first-order valence-corrected chi connectivity index (χ1v) is 5.10. The molecule has 2 nitrogen and oxygen atoms in total. The van der Waals surface area contributed by atoms with Crippen LogP contribution < -0.4 is 5.73 Å². The van der Waals surface area contributed by atoms with Crippen molar-refractivity contribution in [3.8, 4) is 0 Å². The average Bonchev–Trinajstić information content (AvgIpc) is 2.35. The van der Waals surface area contributed by atoms with Crippen LogP contribution in [0.4, 0.5) is 0 Å². The fourth-order valence-electron chi connectivity index (χ4n) is 1.62. The first kappa shape index (κ1) is 9.36. The van der Waals surface area contributed by atoms with Crippen LogP contribution in [-0.4, -0.2) is 31.3 Å². The summed E-state index contributed by atoms with van der Waals surface area (Å²) in [7, 11) is 1.76. The van der Waals surface area contributed by atoms with Gasteiger partial charge in [-0.05, 0) is 12.2 Å². The van der Waals surface area contributed by atoms with Crippen LogP contribution in [0, 0.1) is 5.41 Å². The molecular formula is C8H17NOS. The van der Waals surface area contributed by atoms with Gasteiger partial charge in [0.25, 0.3) is 0 Å². The third-order valence-corrected chi connectivity index (χ3v) is 4.11. The van der Waals surface area contributed by atoms with E-state index in [1.165, 1.54) is 12.2 Å². The predicted molar refractivity (Wildman–Crippen MR) is 49.9 cm³/mol. The Balaban J connectivity index is 2.57. The lowest BCUT2D eigenvalue weighted by molar-refractivity contribution is 0.0880. The average molecular weight is 175 g/mol. The van der Waals surface area contributed by atoms with Gasteiger partial charge in [-0.25, -0.2) is 0 Å². The molecule has 0 amide bonds. The van der Waals surface area contributed by atoms with Crippen LogP contribution in [0.15, 0.2) is 0 Å². The van der Waals surface area contributed by atoms with E-state index in [2.05, 4.69) is 6.92 Å². The van der Waals surface area contributed by atoms with Gasteiger partial charge in [0.2, 0.25) is 0 Å². The van der Waals surface area contributed by atoms with Crippen LogP contribution in [0.2, 0.25) is 0 Å². The summed E-state index contributed by atoms with van der Waals surface area (Å²) in [5.74, 6) is 1.24. The molecule has 66 valence electrons. The minimum Gasteiger partial charge on any atom is -0.384 e. The third-order valence-electron chi connectivity index (χ3n) is 2.67. The van der Waals surface area contributed by atoms with Gasteiger partial charge in [-0.1, -0.05) is 6.92 Å². The number of hydrogen-bond acceptors (Lipinski definition) is 3. The van der Waals surface area contributed by atoms with Gasteiger partial charge in [-0.15, -0.1) is 0 Å². The topological polar surface area (TPSA) is 35.2 Å². The van der Waals surface area contributed by atoms with E-state index in [9.17, 15) is 0 Å². The zero-order chi connectivity index (χ0) is 8.32. The number of rotatable bonds is 3. The molecule has 3 heteroatoms. The summed E-state index contributed by atoms with van der Waals surface area (Å²) in [6, 6.07) is 0. The lowest BCUT2D eigenvalue weighted by Crippen LogP contribution is -2.39. The monoisotopic (exact) mass is 175 g/mol. The second-order valence-corrected chi connectivity index (χ2v) is 4.71. The van der Waals surface area contributed by atoms with Crippen molar-refractivity contribution in [1.29, 1.82) is 0 Å². The smallest absolute Gasteiger partial charge is 0.0541 e. The van der Waals surface area contributed by atoms with Gasteiger partial charge in [-0.3, -0.25) is 0 Å². The van der Waals surface area contributed by atoms with Crippen LogP contribution in [-0.2, 0) is 4.74 Å². The number of nitrogens with two attached hydrogens (primary N) is 1. The van der Waals surface area contributed by atoms with Gasteiger partial charge in [0, 0.05) is 24.3 Å². The highest BCUT2D eigenvalue weighted by Gasteiger charge is 2.39. The van der Waals surface area contributed by atoms with E-state index in [4.69, 9.17) is 10.5 Å². The molecule has 0 spiro atoms. The molecule has 0 radical (unpaired) electrons. The van der Waals surface area contributed by atoms with Crippen LogP contribution in [0.25, 0.3) is 0 Å². The second kappa shape index (κ2) is 3.78. The summed E-state index contributed by atoms with van der Waals surface area (Å²) < 4.78 is 5.20. The van der Waals surface area contributed by atoms with Crippen LogP contribution in [0.5, 0.6) is 0 Å². The van der Waals surface area contributed by atoms with Gasteiger partial charge in [0.15, 0.2) is 0 Å². The van der Waals surface area contributed by atoms with Crippen molar-refractivity contribution in [1.82, 2.24) is 0 Å². The lowest BCUT2D eigenvalue weighted by atomic mass is 9.83. The Morgan fingerprint density at radius 3 is 2.82 bits per heavy atom. The summed E-state index contributed by atoms with van der Waals surface area (Å²) in [6.07, 6.45) is 1.21. The highest BCUT2D eigenvalue weighted by Crippen LogP contribution is 2.42. The van der Waals surface area contributed by atoms with Gasteiger partial charge in [0.05, 0.1) is 6.61 Å². The van der Waals surface area contributed by atoms with E-state index in [1.54, 1.807) is 7.11 Å². The predicted octanol–water partition coefficient (Wildman–Crippen LogP) is 1.10. The lowest BCUT2D eigenvalue weighted by Gasteiger charge is -2.30. The molecule has 1 rings (SSSR count). The quantitative estimate of drug-likeness (QED) is 0.697. The zero-order valence-electron chi connectivity index (χ0n) is 7.30. The van der Waals surface area contributed by atoms with E-state index in [1.807, 2.05) is 11.8 Å². The number of ether oxygens (including phenoxy) is 1. The molecule has 1 heterocycles. The first-order chi connectivity index (χ1) is 5.25. The molecular weight excluding hydrogens is 158 g/mol. The van der Waals surface area contributed by atoms with Crippen molar-refractivity contribution in [3.05, 3.63) is 0 Å². The van der Waals surface area contributed by atoms with Gasteiger partial charge in [-0.2, -0.15) is 11.8 Å². The molecule has 1 saturated heterocycles. The Morgan fingerprint density at radius 2 is 2.45 bits per heavy atom. The molecule has 0 aromatic rings. The van der Waals surface area contributed by atoms with Gasteiger partial charge in [0.1, 0.15) is 0 Å². The standard InChI is InChI=1S/C8H17NOS/c1-7-8(5-9,6-10-2)3-4-11-7/h7H,3-6,9H2,1-2H3. The normalized spacial score (nSPS) is 37.9. The van der Waals surface area contributed by atoms with E-state index in [-0.39, 0.29) is 5.41 Å². The summed E-state index contributed by atoms with van der Waals surface area (Å²) in [5.41, 5.74) is 6.02. The summed E-state index contributed by atoms with van der Waals surface area (Å²) >= 11 is 2.01. The number of thioether (sulfide) groups is 1. The Hall–Kier alpha value is 0.270. The van der Waals surface area contributed by atoms with Crippen LogP contribution >= 0.6 is 11.8 Å². The van der Waals surface area contributed by atoms with Crippen molar-refractivity contribution < 1.29 is 4.74 Å². The minimum atomic E-state index is 0.263. The Morgan fingerprint density at radius 1 is 1.73 bits per heavy atom. The molecule has 2 atom stereocenters. The van der Waals surface area contributed by atoms with E-state index >= 15 is 0 Å². The third kappa shape index (κ3) is 1.71. The zero-order valence-corrected chi connectivity index (χ0v) is 8.12. The maximum Gasteiger partial charge on any atom is 0.0541 e. The maximum atomic E-state index is 5.75. The SMILES string of the molecule is COCC1(CN)CCSC1C. The van der Waals surface area contributed by atoms with Crippen molar-refractivity contribution >= 4 is 11.8 Å². The molecule has 2 N–H and O–H groups in total. The second-order valence-electron chi connectivity index (χ2n) is 3.26. The molecule has 0 aromatic carbocycles. The molecule has 1 fully saturated rings. The minimum absolute atomic E-state index is 0.263. The Labute approximate surface area is 72.9 Å². The first-order valence-electron chi connectivity index (χ1n) is 4.06. The number of methoxy groups -OCH3 is 1. The highest BCUT2D eigenvalue weighted by atomic mass is 32.2. The summed E-state index contributed by atoms with van der Waals surface area (Å²) in [5, 5.41) is 0.660. The summed E-state index contributed by atoms with van der Waals surface area (Å²) in [4.78, 5) is 0. The van der Waals surface area contributed by atoms with Gasteiger partial charge < -0.3 is 10.5 Å². The molecule has 1 aliphatic heterocycles. The summed E-state index contributed by atoms with van der Waals surface area (Å²) in [6.45, 7) is 3.83. The van der Waals surface area contributed by atoms with Crippen molar-refractivity contribution in [3.63, 3.8) is 0 Å². The maximum absolute atomic E-state index is 5.75. The van der Waals surface area contributed by atoms with E-state index in [0.717, 1.165) is 13.2 Å². The van der Waals surface area contributed by atoms with Crippen molar-refractivity contribution in [2.45, 2.75) is 18.6 Å². The Bertz CT molecular complexity index is 131. The molecule has 1 aliphatic rings. The van der Waals surface area contributed by atoms with E-state index < -0.39 is 0 Å². The van der Waals surface area contributed by atoms with Crippen molar-refractivity contribution in [2.75, 3.05) is 26.0 Å². The molecule has 11 heavy (non-hydrogen) atoms. The fraction of sp³-hybridized carbons (Fsp3) is 1.00. The molecule has 0 aliphatic carbocycles.